The molecule has 10 heteroatoms. The average molecular weight is 416 g/mol. The van der Waals surface area contributed by atoms with Crippen molar-refractivity contribution in [3.8, 4) is 5.75 Å². The summed E-state index contributed by atoms with van der Waals surface area (Å²) in [6.45, 7) is 2.95. The maximum absolute atomic E-state index is 12.7. The maximum Gasteiger partial charge on any atom is 0.573 e. The number of alkyl halides is 3. The molecule has 5 rings (SSSR count). The fourth-order valence-corrected chi connectivity index (χ4v) is 4.79. The van der Waals surface area contributed by atoms with E-state index in [9.17, 15) is 18.0 Å². The van der Waals surface area contributed by atoms with Gasteiger partial charge in [-0.25, -0.2) is 0 Å². The molecule has 1 aromatic carbocycles. The number of aromatic nitrogens is 1. The molecule has 3 fully saturated rings. The third-order valence-electron chi connectivity index (χ3n) is 5.18. The standard InChI is InChI=1S/C17H17F3N2O2S.CH2O2/c18-17(19,20)24-12-1-2-13-15(8-12)25-21-16(13)14(23)7-11-9-22-5-3-10(11)4-6-22;2-1-3/h1-2,8,10-11H,3-7,9H2;1H,(H,2,3)/t11-;/m0./s1. The van der Waals surface area contributed by atoms with Gasteiger partial charge in [-0.05, 0) is 67.5 Å². The minimum absolute atomic E-state index is 0.0190. The van der Waals surface area contributed by atoms with Crippen LogP contribution in [0.15, 0.2) is 18.2 Å². The Morgan fingerprint density at radius 1 is 1.36 bits per heavy atom. The molecule has 0 unspecified atom stereocenters. The Morgan fingerprint density at radius 3 is 2.61 bits per heavy atom. The van der Waals surface area contributed by atoms with Crippen molar-refractivity contribution in [2.45, 2.75) is 25.6 Å². The summed E-state index contributed by atoms with van der Waals surface area (Å²) in [6, 6.07) is 4.00. The van der Waals surface area contributed by atoms with Crippen LogP contribution in [0.25, 0.3) is 10.1 Å². The lowest BCUT2D eigenvalue weighted by Crippen LogP contribution is -2.47. The number of Topliss-reactive ketones (excluding diaryl/α,β-unsaturated/α-hetero) is 1. The van der Waals surface area contributed by atoms with Gasteiger partial charge in [0.2, 0.25) is 0 Å². The molecule has 3 aliphatic rings. The largest absolute Gasteiger partial charge is 0.573 e. The Kier molecular flexibility index (Phi) is 6.19. The molecule has 0 saturated carbocycles. The molecule has 152 valence electrons. The van der Waals surface area contributed by atoms with Crippen LogP contribution in [0.5, 0.6) is 5.75 Å². The van der Waals surface area contributed by atoms with Gasteiger partial charge in [0, 0.05) is 18.4 Å². The summed E-state index contributed by atoms with van der Waals surface area (Å²) >= 11 is 1.03. The highest BCUT2D eigenvalue weighted by Gasteiger charge is 2.36. The summed E-state index contributed by atoms with van der Waals surface area (Å²) in [5, 5.41) is 7.49. The summed E-state index contributed by atoms with van der Waals surface area (Å²) in [5.74, 6) is 0.653. The minimum atomic E-state index is -4.73. The molecule has 0 spiro atoms. The average Bonchev–Trinajstić information content (AvgIpc) is 3.05. The predicted molar refractivity (Wildman–Crippen MR) is 96.6 cm³/mol. The van der Waals surface area contributed by atoms with Crippen LogP contribution in [-0.2, 0) is 4.79 Å². The summed E-state index contributed by atoms with van der Waals surface area (Å²) < 4.78 is 45.6. The van der Waals surface area contributed by atoms with Gasteiger partial charge in [0.15, 0.2) is 5.78 Å². The highest BCUT2D eigenvalue weighted by atomic mass is 32.1. The number of ether oxygens (including phenoxy) is 1. The van der Waals surface area contributed by atoms with Gasteiger partial charge in [0.25, 0.3) is 6.47 Å². The molecule has 0 amide bonds. The Hall–Kier alpha value is -2.20. The third-order valence-corrected chi connectivity index (χ3v) is 5.99. The second-order valence-electron chi connectivity index (χ2n) is 6.87. The van der Waals surface area contributed by atoms with Crippen molar-refractivity contribution in [3.63, 3.8) is 0 Å². The molecular weight excluding hydrogens is 397 g/mol. The van der Waals surface area contributed by atoms with E-state index in [1.165, 1.54) is 18.2 Å². The van der Waals surface area contributed by atoms with Crippen molar-refractivity contribution >= 4 is 33.9 Å². The van der Waals surface area contributed by atoms with Gasteiger partial charge in [0.1, 0.15) is 11.4 Å². The van der Waals surface area contributed by atoms with Crippen molar-refractivity contribution in [1.29, 1.82) is 0 Å². The molecule has 3 saturated heterocycles. The van der Waals surface area contributed by atoms with E-state index in [2.05, 4.69) is 14.0 Å². The van der Waals surface area contributed by atoms with Crippen LogP contribution < -0.4 is 4.74 Å². The Bertz CT molecular complexity index is 847. The second kappa shape index (κ2) is 8.44. The minimum Gasteiger partial charge on any atom is -0.483 e. The molecule has 4 heterocycles. The molecule has 1 N–H and O–H groups in total. The first kappa shape index (κ1) is 20.5. The van der Waals surface area contributed by atoms with Gasteiger partial charge in [-0.1, -0.05) is 0 Å². The Labute approximate surface area is 163 Å². The number of halogens is 3. The van der Waals surface area contributed by atoms with E-state index in [0.29, 0.717) is 34.0 Å². The van der Waals surface area contributed by atoms with Crippen molar-refractivity contribution in [2.24, 2.45) is 11.8 Å². The fraction of sp³-hybridized carbons (Fsp3) is 0.500. The van der Waals surface area contributed by atoms with Crippen LogP contribution in [0.4, 0.5) is 13.2 Å². The van der Waals surface area contributed by atoms with Crippen molar-refractivity contribution in [2.75, 3.05) is 19.6 Å². The van der Waals surface area contributed by atoms with Gasteiger partial charge in [-0.15, -0.1) is 13.2 Å². The third kappa shape index (κ3) is 4.79. The number of carbonyl (C=O) groups is 2. The van der Waals surface area contributed by atoms with Crippen LogP contribution in [0.2, 0.25) is 0 Å². The maximum atomic E-state index is 12.7. The lowest BCUT2D eigenvalue weighted by molar-refractivity contribution is -0.274. The number of carboxylic acid groups (broad SMARTS) is 1. The summed E-state index contributed by atoms with van der Waals surface area (Å²) in [7, 11) is 0. The highest BCUT2D eigenvalue weighted by Crippen LogP contribution is 2.36. The molecule has 28 heavy (non-hydrogen) atoms. The quantitative estimate of drug-likeness (QED) is 0.603. The fourth-order valence-electron chi connectivity index (χ4n) is 3.97. The monoisotopic (exact) mass is 416 g/mol. The first-order valence-electron chi connectivity index (χ1n) is 8.79. The summed E-state index contributed by atoms with van der Waals surface area (Å²) in [5.41, 5.74) is 0.370. The normalized spacial score (nSPS) is 23.8. The van der Waals surface area contributed by atoms with E-state index in [1.54, 1.807) is 0 Å². The van der Waals surface area contributed by atoms with Gasteiger partial charge < -0.3 is 14.7 Å². The SMILES string of the molecule is O=C(C[C@H]1CN2CCC1CC2)c1nsc2cc(OC(F)(F)F)ccc12.O=CO. The smallest absolute Gasteiger partial charge is 0.483 e. The number of carbonyl (C=O) groups excluding carboxylic acids is 1. The van der Waals surface area contributed by atoms with Gasteiger partial charge in [-0.2, -0.15) is 4.37 Å². The number of fused-ring (bicyclic) bond motifs is 4. The molecule has 1 atom stereocenters. The number of benzene rings is 1. The summed E-state index contributed by atoms with van der Waals surface area (Å²) in [6.07, 6.45) is -1.98. The van der Waals surface area contributed by atoms with Gasteiger partial charge in [0.05, 0.1) is 4.70 Å². The molecule has 2 bridgehead atoms. The van der Waals surface area contributed by atoms with Crippen LogP contribution in [-0.4, -0.2) is 52.6 Å². The van der Waals surface area contributed by atoms with E-state index < -0.39 is 6.36 Å². The van der Waals surface area contributed by atoms with Crippen molar-refractivity contribution < 1.29 is 32.6 Å². The number of nitrogens with zero attached hydrogens (tertiary/aromatic N) is 2. The molecular formula is C18H19F3N2O4S. The molecule has 0 radical (unpaired) electrons. The molecule has 2 aromatic rings. The van der Waals surface area contributed by atoms with Crippen molar-refractivity contribution in [1.82, 2.24) is 9.27 Å². The molecule has 0 aliphatic carbocycles. The van der Waals surface area contributed by atoms with E-state index in [1.807, 2.05) is 0 Å². The zero-order valence-electron chi connectivity index (χ0n) is 14.8. The number of hydrogen-bond donors (Lipinski definition) is 1. The van der Waals surface area contributed by atoms with E-state index in [0.717, 1.165) is 44.0 Å². The number of rotatable bonds is 4. The lowest BCUT2D eigenvalue weighted by atomic mass is 9.76. The topological polar surface area (TPSA) is 79.7 Å². The second-order valence-corrected chi connectivity index (χ2v) is 7.67. The highest BCUT2D eigenvalue weighted by molar-refractivity contribution is 7.13. The number of piperidine rings is 3. The van der Waals surface area contributed by atoms with E-state index >= 15 is 0 Å². The van der Waals surface area contributed by atoms with Crippen LogP contribution in [0, 0.1) is 11.8 Å². The van der Waals surface area contributed by atoms with Crippen LogP contribution in [0.1, 0.15) is 29.8 Å². The molecule has 6 nitrogen and oxygen atoms in total. The first-order valence-corrected chi connectivity index (χ1v) is 9.56. The zero-order chi connectivity index (χ0) is 20.3. The Balaban J connectivity index is 0.000000706. The number of hydrogen-bond acceptors (Lipinski definition) is 6. The van der Waals surface area contributed by atoms with Crippen LogP contribution in [0.3, 0.4) is 0 Å². The summed E-state index contributed by atoms with van der Waals surface area (Å²) in [4.78, 5) is 23.5. The van der Waals surface area contributed by atoms with E-state index in [4.69, 9.17) is 9.90 Å². The van der Waals surface area contributed by atoms with Gasteiger partial charge in [-0.3, -0.25) is 9.59 Å². The zero-order valence-corrected chi connectivity index (χ0v) is 15.6. The van der Waals surface area contributed by atoms with Crippen LogP contribution >= 0.6 is 11.5 Å². The van der Waals surface area contributed by atoms with Gasteiger partial charge >= 0.3 is 6.36 Å². The lowest BCUT2D eigenvalue weighted by Gasteiger charge is -2.44. The molecule has 3 aliphatic heterocycles. The first-order chi connectivity index (χ1) is 13.3. The molecule has 1 aromatic heterocycles. The number of ketones is 1. The Morgan fingerprint density at radius 2 is 2.04 bits per heavy atom. The predicted octanol–water partition coefficient (Wildman–Crippen LogP) is 3.81. The van der Waals surface area contributed by atoms with Crippen molar-refractivity contribution in [3.05, 3.63) is 23.9 Å². The van der Waals surface area contributed by atoms with E-state index in [-0.39, 0.29) is 18.0 Å².